The molecule has 0 saturated carbocycles. The lowest BCUT2D eigenvalue weighted by atomic mass is 9.99. The topological polar surface area (TPSA) is 81.2 Å². The standard InChI is InChI=1S/C20H17N3OS2.C5H11NO/c1-11-6-7-15(12(2)9-11)23-19(24)17-13(3)22-20(25)14(10-21)18(17)16-5-4-8-26-16;1-6-2-4-7-5-3-6/h4-9H,1-3H3,(H,22,25)(H,23,24);2-5H2,1H3. The van der Waals surface area contributed by atoms with Crippen LogP contribution in [0.15, 0.2) is 35.7 Å². The number of nitrogens with zero attached hydrogens (tertiary/aromatic N) is 2. The van der Waals surface area contributed by atoms with Gasteiger partial charge in [-0.15, -0.1) is 11.3 Å². The van der Waals surface area contributed by atoms with Crippen molar-refractivity contribution in [3.63, 3.8) is 0 Å². The average molecular weight is 481 g/mol. The molecule has 1 aliphatic rings. The number of benzene rings is 1. The molecule has 1 aliphatic heterocycles. The number of aromatic nitrogens is 1. The Hall–Kier alpha value is -2.83. The van der Waals surface area contributed by atoms with Crippen LogP contribution in [0.2, 0.25) is 0 Å². The van der Waals surface area contributed by atoms with E-state index in [1.54, 1.807) is 6.92 Å². The molecule has 6 nitrogen and oxygen atoms in total. The summed E-state index contributed by atoms with van der Waals surface area (Å²) in [5.41, 5.74) is 4.85. The zero-order valence-corrected chi connectivity index (χ0v) is 21.0. The predicted molar refractivity (Wildman–Crippen MR) is 137 cm³/mol. The van der Waals surface area contributed by atoms with E-state index < -0.39 is 0 Å². The van der Waals surface area contributed by atoms with Gasteiger partial charge in [-0.2, -0.15) is 5.26 Å². The number of nitriles is 1. The molecule has 2 N–H and O–H groups in total. The highest BCUT2D eigenvalue weighted by molar-refractivity contribution is 7.71. The zero-order valence-electron chi connectivity index (χ0n) is 19.3. The SMILES string of the molecule is CN1CCOCC1.Cc1ccc(NC(=O)c2c(C)[nH]c(=S)c(C#N)c2-c2cccs2)c(C)c1. The Morgan fingerprint density at radius 2 is 1.97 bits per heavy atom. The summed E-state index contributed by atoms with van der Waals surface area (Å²) in [6.45, 7) is 9.78. The Balaban J connectivity index is 0.000000374. The first-order valence-corrected chi connectivity index (χ1v) is 12.0. The quantitative estimate of drug-likeness (QED) is 0.486. The van der Waals surface area contributed by atoms with Gasteiger partial charge in [-0.1, -0.05) is 36.0 Å². The van der Waals surface area contributed by atoms with Crippen molar-refractivity contribution in [2.45, 2.75) is 20.8 Å². The van der Waals surface area contributed by atoms with Crippen LogP contribution in [0.5, 0.6) is 0 Å². The monoisotopic (exact) mass is 480 g/mol. The number of carbonyl (C=O) groups is 1. The molecule has 2 aromatic heterocycles. The van der Waals surface area contributed by atoms with Crippen molar-refractivity contribution in [2.24, 2.45) is 0 Å². The lowest BCUT2D eigenvalue weighted by molar-refractivity contribution is 0.0503. The Morgan fingerprint density at radius 1 is 1.24 bits per heavy atom. The van der Waals surface area contributed by atoms with Gasteiger partial charge < -0.3 is 19.9 Å². The maximum Gasteiger partial charge on any atom is 0.258 e. The highest BCUT2D eigenvalue weighted by Crippen LogP contribution is 2.33. The van der Waals surface area contributed by atoms with E-state index in [1.807, 2.05) is 49.6 Å². The molecule has 0 bridgehead atoms. The van der Waals surface area contributed by atoms with Crippen molar-refractivity contribution in [1.82, 2.24) is 9.88 Å². The van der Waals surface area contributed by atoms with E-state index in [0.717, 1.165) is 48.0 Å². The van der Waals surface area contributed by atoms with Crippen LogP contribution in [0, 0.1) is 36.7 Å². The van der Waals surface area contributed by atoms with E-state index in [1.165, 1.54) is 11.3 Å². The average Bonchev–Trinajstić information content (AvgIpc) is 3.31. The fourth-order valence-electron chi connectivity index (χ4n) is 3.57. The number of thiophene rings is 1. The van der Waals surface area contributed by atoms with Gasteiger partial charge in [0.15, 0.2) is 0 Å². The second-order valence-corrected chi connectivity index (χ2v) is 9.34. The molecular weight excluding hydrogens is 452 g/mol. The predicted octanol–water partition coefficient (Wildman–Crippen LogP) is 5.47. The number of aryl methyl sites for hydroxylation is 3. The van der Waals surface area contributed by atoms with Gasteiger partial charge in [0, 0.05) is 34.9 Å². The van der Waals surface area contributed by atoms with Gasteiger partial charge in [-0.05, 0) is 50.9 Å². The van der Waals surface area contributed by atoms with Gasteiger partial charge in [-0.25, -0.2) is 0 Å². The summed E-state index contributed by atoms with van der Waals surface area (Å²) in [6, 6.07) is 11.8. The molecule has 33 heavy (non-hydrogen) atoms. The third kappa shape index (κ3) is 6.15. The molecule has 1 aromatic carbocycles. The van der Waals surface area contributed by atoms with Crippen LogP contribution in [-0.4, -0.2) is 49.1 Å². The molecule has 3 heterocycles. The maximum absolute atomic E-state index is 13.1. The molecule has 3 aromatic rings. The maximum atomic E-state index is 13.1. The summed E-state index contributed by atoms with van der Waals surface area (Å²) in [7, 11) is 2.11. The third-order valence-electron chi connectivity index (χ3n) is 5.37. The van der Waals surface area contributed by atoms with Crippen LogP contribution in [0.25, 0.3) is 10.4 Å². The van der Waals surface area contributed by atoms with E-state index in [0.29, 0.717) is 27.0 Å². The lowest BCUT2D eigenvalue weighted by Gasteiger charge is -2.21. The normalized spacial score (nSPS) is 13.5. The van der Waals surface area contributed by atoms with Crippen LogP contribution >= 0.6 is 23.6 Å². The number of nitrogens with one attached hydrogen (secondary N) is 2. The molecule has 0 unspecified atom stereocenters. The first kappa shape index (κ1) is 24.8. The number of carbonyl (C=O) groups excluding carboxylic acids is 1. The number of rotatable bonds is 3. The van der Waals surface area contributed by atoms with Crippen molar-refractivity contribution in [3.05, 3.63) is 68.3 Å². The number of hydrogen-bond acceptors (Lipinski definition) is 6. The number of ether oxygens (including phenoxy) is 1. The van der Waals surface area contributed by atoms with Crippen molar-refractivity contribution in [3.8, 4) is 16.5 Å². The molecule has 1 amide bonds. The molecule has 8 heteroatoms. The van der Waals surface area contributed by atoms with Crippen LogP contribution in [-0.2, 0) is 4.74 Å². The van der Waals surface area contributed by atoms with Crippen molar-refractivity contribution in [2.75, 3.05) is 38.7 Å². The summed E-state index contributed by atoms with van der Waals surface area (Å²) in [4.78, 5) is 19.2. The van der Waals surface area contributed by atoms with Gasteiger partial charge in [-0.3, -0.25) is 4.79 Å². The first-order chi connectivity index (χ1) is 15.8. The summed E-state index contributed by atoms with van der Waals surface area (Å²) in [5, 5.41) is 14.5. The minimum Gasteiger partial charge on any atom is -0.379 e. The number of hydrogen-bond donors (Lipinski definition) is 2. The minimum absolute atomic E-state index is 0.263. The van der Waals surface area contributed by atoms with Crippen LogP contribution < -0.4 is 5.32 Å². The van der Waals surface area contributed by atoms with Gasteiger partial charge in [0.1, 0.15) is 10.7 Å². The molecule has 1 saturated heterocycles. The molecule has 172 valence electrons. The molecule has 1 fully saturated rings. The Bertz CT molecular complexity index is 1220. The van der Waals surface area contributed by atoms with Crippen LogP contribution in [0.3, 0.4) is 0 Å². The molecule has 0 atom stereocenters. The van der Waals surface area contributed by atoms with Crippen LogP contribution in [0.4, 0.5) is 5.69 Å². The molecule has 4 rings (SSSR count). The number of anilines is 1. The number of amides is 1. The number of pyridine rings is 1. The summed E-state index contributed by atoms with van der Waals surface area (Å²) >= 11 is 6.78. The van der Waals surface area contributed by atoms with Crippen molar-refractivity contribution >= 4 is 35.1 Å². The van der Waals surface area contributed by atoms with E-state index in [4.69, 9.17) is 17.0 Å². The fraction of sp³-hybridized carbons (Fsp3) is 0.320. The van der Waals surface area contributed by atoms with Crippen LogP contribution in [0.1, 0.15) is 32.7 Å². The number of H-pyrrole nitrogens is 1. The highest BCUT2D eigenvalue weighted by atomic mass is 32.1. The molecule has 0 spiro atoms. The Kier molecular flexibility index (Phi) is 8.53. The van der Waals surface area contributed by atoms with E-state index >= 15 is 0 Å². The Labute approximate surface area is 203 Å². The number of aromatic amines is 1. The van der Waals surface area contributed by atoms with E-state index in [9.17, 15) is 10.1 Å². The summed E-state index contributed by atoms with van der Waals surface area (Å²) in [6.07, 6.45) is 0. The first-order valence-electron chi connectivity index (χ1n) is 10.7. The minimum atomic E-state index is -0.263. The largest absolute Gasteiger partial charge is 0.379 e. The smallest absolute Gasteiger partial charge is 0.258 e. The number of morpholine rings is 1. The number of likely N-dealkylation sites (N-methyl/N-ethyl adjacent to an activating group) is 1. The Morgan fingerprint density at radius 3 is 2.52 bits per heavy atom. The van der Waals surface area contributed by atoms with Gasteiger partial charge in [0.25, 0.3) is 5.91 Å². The van der Waals surface area contributed by atoms with Gasteiger partial charge in [0.2, 0.25) is 0 Å². The van der Waals surface area contributed by atoms with Crippen molar-refractivity contribution < 1.29 is 9.53 Å². The third-order valence-corrected chi connectivity index (χ3v) is 6.57. The summed E-state index contributed by atoms with van der Waals surface area (Å²) < 4.78 is 5.44. The lowest BCUT2D eigenvalue weighted by Crippen LogP contribution is -2.32. The second-order valence-electron chi connectivity index (χ2n) is 7.98. The second kappa shape index (κ2) is 11.3. The van der Waals surface area contributed by atoms with E-state index in [2.05, 4.69) is 28.3 Å². The van der Waals surface area contributed by atoms with Gasteiger partial charge >= 0.3 is 0 Å². The summed E-state index contributed by atoms with van der Waals surface area (Å²) in [5.74, 6) is -0.263. The molecule has 0 radical (unpaired) electrons. The van der Waals surface area contributed by atoms with E-state index in [-0.39, 0.29) is 5.91 Å². The van der Waals surface area contributed by atoms with Gasteiger partial charge in [0.05, 0.1) is 24.3 Å². The zero-order chi connectivity index (χ0) is 24.0. The highest BCUT2D eigenvalue weighted by Gasteiger charge is 2.22. The molecule has 0 aliphatic carbocycles. The molecular formula is C25H28N4O2S2. The fourth-order valence-corrected chi connectivity index (χ4v) is 4.66. The van der Waals surface area contributed by atoms with Crippen molar-refractivity contribution in [1.29, 1.82) is 5.26 Å².